The van der Waals surface area contributed by atoms with Gasteiger partial charge in [-0.1, -0.05) is 0 Å². The minimum Gasteiger partial charge on any atom is -0.431 e. The van der Waals surface area contributed by atoms with Crippen LogP contribution in [0, 0.1) is 0 Å². The fourth-order valence-corrected chi connectivity index (χ4v) is 0.731. The van der Waals surface area contributed by atoms with Gasteiger partial charge in [0.25, 0.3) is 0 Å². The summed E-state index contributed by atoms with van der Waals surface area (Å²) >= 11 is 0. The van der Waals surface area contributed by atoms with Crippen molar-refractivity contribution in [3.8, 4) is 0 Å². The maximum atomic E-state index is 9.80. The summed E-state index contributed by atoms with van der Waals surface area (Å²) in [5, 5.41) is 0. The summed E-state index contributed by atoms with van der Waals surface area (Å²) < 4.78 is 18.5. The SMILES string of the molecule is C1COCCO1.O=C1OCCO1. The average molecular weight is 176 g/mol. The molecule has 0 bridgehead atoms. The molecule has 2 saturated heterocycles. The van der Waals surface area contributed by atoms with Gasteiger partial charge in [-0.15, -0.1) is 0 Å². The first kappa shape index (κ1) is 9.28. The molecule has 5 heteroatoms. The highest BCUT2D eigenvalue weighted by molar-refractivity contribution is 5.61. The van der Waals surface area contributed by atoms with Crippen molar-refractivity contribution in [3.05, 3.63) is 0 Å². The van der Waals surface area contributed by atoms with Crippen molar-refractivity contribution < 1.29 is 23.7 Å². The highest BCUT2D eigenvalue weighted by Crippen LogP contribution is 1.92. The molecule has 0 aromatic heterocycles. The lowest BCUT2D eigenvalue weighted by molar-refractivity contribution is -0.0334. The van der Waals surface area contributed by atoms with Gasteiger partial charge in [-0.05, 0) is 0 Å². The Morgan fingerprint density at radius 1 is 0.750 bits per heavy atom. The molecular weight excluding hydrogens is 164 g/mol. The van der Waals surface area contributed by atoms with Crippen LogP contribution in [0.1, 0.15) is 0 Å². The van der Waals surface area contributed by atoms with Crippen molar-refractivity contribution in [2.75, 3.05) is 39.6 Å². The van der Waals surface area contributed by atoms with Gasteiger partial charge in [0.05, 0.1) is 26.4 Å². The molecule has 70 valence electrons. The summed E-state index contributed by atoms with van der Waals surface area (Å²) in [6.45, 7) is 3.94. The second-order valence-corrected chi connectivity index (χ2v) is 2.17. The Balaban J connectivity index is 0.000000120. The number of rotatable bonds is 0. The van der Waals surface area contributed by atoms with Crippen LogP contribution in [0.25, 0.3) is 0 Å². The number of carbonyl (C=O) groups is 1. The quantitative estimate of drug-likeness (QED) is 0.493. The Kier molecular flexibility index (Phi) is 4.48. The van der Waals surface area contributed by atoms with E-state index in [2.05, 4.69) is 9.47 Å². The molecule has 5 nitrogen and oxygen atoms in total. The number of cyclic esters (lactones) is 2. The van der Waals surface area contributed by atoms with Crippen molar-refractivity contribution in [2.45, 2.75) is 0 Å². The van der Waals surface area contributed by atoms with Gasteiger partial charge in [0.1, 0.15) is 13.2 Å². The van der Waals surface area contributed by atoms with Crippen LogP contribution in [-0.4, -0.2) is 45.8 Å². The predicted molar refractivity (Wildman–Crippen MR) is 38.9 cm³/mol. The minimum absolute atomic E-state index is 0.416. The smallest absolute Gasteiger partial charge is 0.431 e. The van der Waals surface area contributed by atoms with Gasteiger partial charge in [-0.2, -0.15) is 0 Å². The fraction of sp³-hybridized carbons (Fsp3) is 0.857. The number of hydrogen-bond donors (Lipinski definition) is 0. The van der Waals surface area contributed by atoms with Gasteiger partial charge in [0.2, 0.25) is 0 Å². The third-order valence-electron chi connectivity index (χ3n) is 1.27. The summed E-state index contributed by atoms with van der Waals surface area (Å²) in [6, 6.07) is 0. The molecule has 2 rings (SSSR count). The van der Waals surface area contributed by atoms with E-state index in [4.69, 9.17) is 9.47 Å². The van der Waals surface area contributed by atoms with E-state index in [1.54, 1.807) is 0 Å². The van der Waals surface area contributed by atoms with Crippen LogP contribution in [0.5, 0.6) is 0 Å². The van der Waals surface area contributed by atoms with Gasteiger partial charge < -0.3 is 18.9 Å². The number of hydrogen-bond acceptors (Lipinski definition) is 5. The topological polar surface area (TPSA) is 54.0 Å². The molecule has 0 saturated carbocycles. The Bertz CT molecular complexity index is 112. The van der Waals surface area contributed by atoms with Gasteiger partial charge >= 0.3 is 6.16 Å². The maximum absolute atomic E-state index is 9.80. The highest BCUT2D eigenvalue weighted by atomic mass is 16.8. The molecule has 0 spiro atoms. The normalized spacial score (nSPS) is 21.8. The summed E-state index contributed by atoms with van der Waals surface area (Å²) in [4.78, 5) is 9.80. The Morgan fingerprint density at radius 3 is 1.33 bits per heavy atom. The third kappa shape index (κ3) is 4.15. The van der Waals surface area contributed by atoms with Crippen LogP contribution in [-0.2, 0) is 18.9 Å². The fourth-order valence-electron chi connectivity index (χ4n) is 0.731. The van der Waals surface area contributed by atoms with Crippen LogP contribution < -0.4 is 0 Å². The molecule has 2 aliphatic rings. The average Bonchev–Trinajstić information content (AvgIpc) is 2.60. The maximum Gasteiger partial charge on any atom is 0.508 e. The van der Waals surface area contributed by atoms with Gasteiger partial charge in [0, 0.05) is 0 Å². The molecule has 0 radical (unpaired) electrons. The Morgan fingerprint density at radius 2 is 1.17 bits per heavy atom. The third-order valence-corrected chi connectivity index (χ3v) is 1.27. The zero-order valence-electron chi connectivity index (χ0n) is 6.78. The van der Waals surface area contributed by atoms with E-state index >= 15 is 0 Å². The summed E-state index contributed by atoms with van der Waals surface area (Å²) in [5.74, 6) is 0. The summed E-state index contributed by atoms with van der Waals surface area (Å²) in [5.41, 5.74) is 0. The van der Waals surface area contributed by atoms with E-state index in [1.165, 1.54) is 0 Å². The van der Waals surface area contributed by atoms with Crippen molar-refractivity contribution >= 4 is 6.16 Å². The van der Waals surface area contributed by atoms with Crippen molar-refractivity contribution in [2.24, 2.45) is 0 Å². The molecule has 0 aliphatic carbocycles. The Hall–Kier alpha value is -0.810. The second kappa shape index (κ2) is 5.79. The van der Waals surface area contributed by atoms with Crippen molar-refractivity contribution in [3.63, 3.8) is 0 Å². The van der Waals surface area contributed by atoms with Crippen LogP contribution >= 0.6 is 0 Å². The lowest BCUT2D eigenvalue weighted by Crippen LogP contribution is -2.16. The summed E-state index contributed by atoms with van der Waals surface area (Å²) in [6.07, 6.45) is -0.546. The number of carbonyl (C=O) groups excluding carboxylic acids is 1. The van der Waals surface area contributed by atoms with Crippen LogP contribution in [0.2, 0.25) is 0 Å². The lowest BCUT2D eigenvalue weighted by Gasteiger charge is -2.09. The summed E-state index contributed by atoms with van der Waals surface area (Å²) in [7, 11) is 0. The Labute approximate surface area is 70.5 Å². The monoisotopic (exact) mass is 176 g/mol. The molecule has 0 aromatic carbocycles. The molecule has 0 N–H and O–H groups in total. The number of ether oxygens (including phenoxy) is 4. The highest BCUT2D eigenvalue weighted by Gasteiger charge is 2.09. The largest absolute Gasteiger partial charge is 0.508 e. The lowest BCUT2D eigenvalue weighted by atomic mass is 10.6. The second-order valence-electron chi connectivity index (χ2n) is 2.17. The zero-order chi connectivity index (χ0) is 8.65. The van der Waals surface area contributed by atoms with Gasteiger partial charge in [-0.25, -0.2) is 4.79 Å². The van der Waals surface area contributed by atoms with E-state index in [-0.39, 0.29) is 0 Å². The van der Waals surface area contributed by atoms with Crippen molar-refractivity contribution in [1.29, 1.82) is 0 Å². The molecule has 0 unspecified atom stereocenters. The van der Waals surface area contributed by atoms with E-state index in [0.717, 1.165) is 26.4 Å². The first-order chi connectivity index (χ1) is 5.89. The molecule has 2 heterocycles. The van der Waals surface area contributed by atoms with Gasteiger partial charge in [-0.3, -0.25) is 0 Å². The van der Waals surface area contributed by atoms with Crippen LogP contribution in [0.4, 0.5) is 4.79 Å². The van der Waals surface area contributed by atoms with Gasteiger partial charge in [0.15, 0.2) is 0 Å². The molecule has 0 aromatic rings. The van der Waals surface area contributed by atoms with E-state index in [0.29, 0.717) is 13.2 Å². The molecule has 2 fully saturated rings. The van der Waals surface area contributed by atoms with E-state index in [9.17, 15) is 4.79 Å². The van der Waals surface area contributed by atoms with Crippen LogP contribution in [0.3, 0.4) is 0 Å². The minimum atomic E-state index is -0.546. The van der Waals surface area contributed by atoms with Crippen LogP contribution in [0.15, 0.2) is 0 Å². The first-order valence-electron chi connectivity index (χ1n) is 3.84. The van der Waals surface area contributed by atoms with E-state index < -0.39 is 6.16 Å². The zero-order valence-corrected chi connectivity index (χ0v) is 6.78. The van der Waals surface area contributed by atoms with Crippen molar-refractivity contribution in [1.82, 2.24) is 0 Å². The molecule has 12 heavy (non-hydrogen) atoms. The molecule has 2 aliphatic heterocycles. The molecular formula is C7H12O5. The van der Waals surface area contributed by atoms with E-state index in [1.807, 2.05) is 0 Å². The standard InChI is InChI=1S/C4H8O2.C3H4O3/c1-2-6-4-3-5-1;4-3-5-1-2-6-3/h1-4H2;1-2H2. The molecule has 0 amide bonds. The molecule has 0 atom stereocenters. The first-order valence-corrected chi connectivity index (χ1v) is 3.84. The predicted octanol–water partition coefficient (Wildman–Crippen LogP) is 0.186.